The lowest BCUT2D eigenvalue weighted by atomic mass is 9.88. The Morgan fingerprint density at radius 3 is 2.76 bits per heavy atom. The van der Waals surface area contributed by atoms with Crippen molar-refractivity contribution in [3.8, 4) is 11.4 Å². The Morgan fingerprint density at radius 2 is 2.05 bits per heavy atom. The molecule has 1 aromatic carbocycles. The lowest BCUT2D eigenvalue weighted by Gasteiger charge is -2.42. The molecule has 0 bridgehead atoms. The van der Waals surface area contributed by atoms with Crippen LogP contribution in [0.5, 0.6) is 5.75 Å². The number of nitrogens with one attached hydrogen (secondary N) is 1. The van der Waals surface area contributed by atoms with E-state index < -0.39 is 29.4 Å². The monoisotopic (exact) mass is 526 g/mol. The molecule has 2 N–H and O–H groups in total. The first-order valence-electron chi connectivity index (χ1n) is 11.2. The van der Waals surface area contributed by atoms with Gasteiger partial charge in [0.1, 0.15) is 23.4 Å². The first kappa shape index (κ1) is 24.4. The van der Waals surface area contributed by atoms with Gasteiger partial charge in [-0.15, -0.1) is 0 Å². The molecule has 2 aromatic heterocycles. The fraction of sp³-hybridized carbons (Fsp3) is 0.250. The van der Waals surface area contributed by atoms with E-state index in [9.17, 15) is 19.5 Å². The van der Waals surface area contributed by atoms with Crippen molar-refractivity contribution in [2.45, 2.75) is 19.9 Å². The predicted octanol–water partition coefficient (Wildman–Crippen LogP) is 2.62. The summed E-state index contributed by atoms with van der Waals surface area (Å²) in [6.07, 6.45) is 4.24. The Bertz CT molecular complexity index is 1470. The van der Waals surface area contributed by atoms with E-state index in [1.165, 1.54) is 30.7 Å². The smallest absolute Gasteiger partial charge is 0.316 e. The summed E-state index contributed by atoms with van der Waals surface area (Å²) in [5.74, 6) is -4.55. The van der Waals surface area contributed by atoms with Crippen LogP contribution in [0.3, 0.4) is 0 Å². The third-order valence-electron chi connectivity index (χ3n) is 6.29. The molecule has 190 valence electrons. The van der Waals surface area contributed by atoms with Gasteiger partial charge in [0.2, 0.25) is 0 Å². The highest BCUT2D eigenvalue weighted by Gasteiger charge is 2.44. The van der Waals surface area contributed by atoms with E-state index in [0.717, 1.165) is 10.7 Å². The van der Waals surface area contributed by atoms with Crippen LogP contribution in [-0.4, -0.2) is 62.9 Å². The number of amides is 1. The van der Waals surface area contributed by atoms with Gasteiger partial charge in [-0.2, -0.15) is 10.2 Å². The third-order valence-corrected chi connectivity index (χ3v) is 6.66. The number of pyridine rings is 1. The van der Waals surface area contributed by atoms with Crippen LogP contribution in [0.15, 0.2) is 35.7 Å². The van der Waals surface area contributed by atoms with Crippen LogP contribution in [0.25, 0.3) is 5.69 Å². The normalized spacial score (nSPS) is 18.5. The van der Waals surface area contributed by atoms with E-state index in [2.05, 4.69) is 20.6 Å². The molecule has 0 saturated heterocycles. The zero-order valence-electron chi connectivity index (χ0n) is 19.6. The quantitative estimate of drug-likeness (QED) is 0.294. The zero-order chi connectivity index (χ0) is 26.4. The maximum atomic E-state index is 15.5. The molecule has 2 aliphatic rings. The Hall–Kier alpha value is -4.32. The number of carboxylic acid groups (broad SMARTS) is 1. The molecule has 3 aromatic rings. The molecular weight excluding hydrogens is 507 g/mol. The molecule has 2 aliphatic heterocycles. The molecule has 0 fully saturated rings. The summed E-state index contributed by atoms with van der Waals surface area (Å²) in [4.78, 5) is 42.3. The van der Waals surface area contributed by atoms with Gasteiger partial charge in [-0.25, -0.2) is 14.5 Å². The second-order valence-corrected chi connectivity index (χ2v) is 8.99. The van der Waals surface area contributed by atoms with Gasteiger partial charge in [-0.1, -0.05) is 11.6 Å². The predicted molar refractivity (Wildman–Crippen MR) is 130 cm³/mol. The maximum Gasteiger partial charge on any atom is 0.316 e. The van der Waals surface area contributed by atoms with Crippen LogP contribution in [0, 0.1) is 18.7 Å². The van der Waals surface area contributed by atoms with Crippen molar-refractivity contribution >= 4 is 41.2 Å². The van der Waals surface area contributed by atoms with Gasteiger partial charge in [0, 0.05) is 30.1 Å². The van der Waals surface area contributed by atoms with Crippen LogP contribution >= 0.6 is 11.6 Å². The van der Waals surface area contributed by atoms with Crippen LogP contribution in [-0.2, 0) is 4.79 Å². The molecule has 0 radical (unpaired) electrons. The summed E-state index contributed by atoms with van der Waals surface area (Å²) in [7, 11) is 0. The van der Waals surface area contributed by atoms with Crippen molar-refractivity contribution in [3.63, 3.8) is 0 Å². The van der Waals surface area contributed by atoms with Crippen LogP contribution < -0.4 is 15.1 Å². The number of nitrogens with zero attached hydrogens (tertiary/aromatic N) is 5. The number of aliphatic carboxylic acids is 1. The summed E-state index contributed by atoms with van der Waals surface area (Å²) < 4.78 is 22.5. The van der Waals surface area contributed by atoms with E-state index in [0.29, 0.717) is 22.5 Å². The minimum absolute atomic E-state index is 0.00571. The number of halogens is 2. The van der Waals surface area contributed by atoms with Crippen molar-refractivity contribution in [2.75, 3.05) is 18.1 Å². The van der Waals surface area contributed by atoms with Gasteiger partial charge in [-0.3, -0.25) is 19.4 Å². The summed E-state index contributed by atoms with van der Waals surface area (Å²) >= 11 is 6.56. The van der Waals surface area contributed by atoms with Gasteiger partial charge in [0.05, 0.1) is 29.2 Å². The zero-order valence-corrected chi connectivity index (χ0v) is 20.4. The Balaban J connectivity index is 1.54. The average molecular weight is 527 g/mol. The minimum atomic E-state index is -1.31. The topological polar surface area (TPSA) is 139 Å². The number of carboxylic acids is 1. The van der Waals surface area contributed by atoms with E-state index >= 15 is 4.39 Å². The minimum Gasteiger partial charge on any atom is -0.487 e. The lowest BCUT2D eigenvalue weighted by molar-refractivity contribution is -0.139. The second-order valence-electron chi connectivity index (χ2n) is 8.64. The van der Waals surface area contributed by atoms with Crippen molar-refractivity contribution in [3.05, 3.63) is 63.9 Å². The number of hydrogen-bond acceptors (Lipinski definition) is 8. The number of carbonyl (C=O) groups excluding carboxylic acids is 2. The average Bonchev–Trinajstić information content (AvgIpc) is 3.15. The molecule has 37 heavy (non-hydrogen) atoms. The van der Waals surface area contributed by atoms with E-state index in [4.69, 9.17) is 16.3 Å². The number of benzene rings is 1. The fourth-order valence-electron chi connectivity index (χ4n) is 4.39. The Morgan fingerprint density at radius 1 is 1.32 bits per heavy atom. The van der Waals surface area contributed by atoms with Crippen LogP contribution in [0.4, 0.5) is 10.1 Å². The SMILES string of the molecule is Cc1nn(-c2c(F)cc3c4c2OC[C@H](C)N4CC(C(=O)O)C3=O)c(Cl)c1/C=N\NC(=O)c1ccncc1. The number of anilines is 1. The van der Waals surface area contributed by atoms with Gasteiger partial charge >= 0.3 is 5.97 Å². The number of hydrogen-bond donors (Lipinski definition) is 2. The number of Topliss-reactive ketones (excluding diaryl/α,β-unsaturated/α-hetero) is 1. The number of carbonyl (C=O) groups is 3. The lowest BCUT2D eigenvalue weighted by Crippen LogP contribution is -2.51. The van der Waals surface area contributed by atoms with Gasteiger partial charge in [0.25, 0.3) is 5.91 Å². The Labute approximate surface area is 214 Å². The van der Waals surface area contributed by atoms with E-state index in [-0.39, 0.29) is 41.3 Å². The maximum absolute atomic E-state index is 15.5. The number of hydrazone groups is 1. The molecular formula is C24H20ClFN6O5. The number of rotatable bonds is 5. The van der Waals surface area contributed by atoms with Gasteiger partial charge < -0.3 is 14.7 Å². The van der Waals surface area contributed by atoms with Crippen molar-refractivity contribution in [1.29, 1.82) is 0 Å². The molecule has 1 amide bonds. The highest BCUT2D eigenvalue weighted by Crippen LogP contribution is 2.47. The van der Waals surface area contributed by atoms with Gasteiger partial charge in [-0.05, 0) is 32.0 Å². The second kappa shape index (κ2) is 9.28. The van der Waals surface area contributed by atoms with E-state index in [1.54, 1.807) is 11.8 Å². The fourth-order valence-corrected chi connectivity index (χ4v) is 4.69. The highest BCUT2D eigenvalue weighted by molar-refractivity contribution is 6.32. The molecule has 2 atom stereocenters. The number of ether oxygens (including phenoxy) is 1. The molecule has 13 heteroatoms. The first-order chi connectivity index (χ1) is 17.7. The molecule has 11 nitrogen and oxygen atoms in total. The Kier molecular flexibility index (Phi) is 6.12. The molecule has 5 rings (SSSR count). The number of aryl methyl sites for hydroxylation is 1. The van der Waals surface area contributed by atoms with E-state index in [1.807, 2.05) is 6.92 Å². The van der Waals surface area contributed by atoms with Crippen molar-refractivity contribution in [2.24, 2.45) is 11.0 Å². The molecule has 4 heterocycles. The number of ketones is 1. The first-order valence-corrected chi connectivity index (χ1v) is 11.6. The summed E-state index contributed by atoms with van der Waals surface area (Å²) in [6, 6.07) is 3.80. The van der Waals surface area contributed by atoms with Crippen molar-refractivity contribution < 1.29 is 28.6 Å². The summed E-state index contributed by atoms with van der Waals surface area (Å²) in [5, 5.41) is 17.8. The highest BCUT2D eigenvalue weighted by atomic mass is 35.5. The molecule has 1 unspecified atom stereocenters. The molecule has 0 aliphatic carbocycles. The summed E-state index contributed by atoms with van der Waals surface area (Å²) in [6.45, 7) is 3.53. The van der Waals surface area contributed by atoms with Gasteiger partial charge in [0.15, 0.2) is 17.3 Å². The number of aromatic nitrogens is 3. The summed E-state index contributed by atoms with van der Waals surface area (Å²) in [5.41, 5.74) is 3.57. The van der Waals surface area contributed by atoms with Crippen molar-refractivity contribution in [1.82, 2.24) is 20.2 Å². The standard InChI is InChI=1S/C24H20ClFN6O5/c1-11-10-37-21-18-14(20(33)16(24(35)36)9-31(11)18)7-17(26)19(21)32-22(25)15(12(2)30-32)8-28-29-23(34)13-3-5-27-6-4-13/h3-8,11,16H,9-10H2,1-2H3,(H,29,34)(H,35,36)/b28-8-/t11-,16?/m0/s1. The van der Waals surface area contributed by atoms with Crippen LogP contribution in [0.2, 0.25) is 5.15 Å². The van der Waals surface area contributed by atoms with Crippen LogP contribution in [0.1, 0.15) is 38.9 Å². The largest absolute Gasteiger partial charge is 0.487 e. The molecule has 0 spiro atoms. The molecule has 0 saturated carbocycles. The third kappa shape index (κ3) is 4.08.